The van der Waals surface area contributed by atoms with Crippen LogP contribution in [0.2, 0.25) is 0 Å². The van der Waals surface area contributed by atoms with Gasteiger partial charge in [-0.25, -0.2) is 0 Å². The van der Waals surface area contributed by atoms with E-state index < -0.39 is 0 Å². The Bertz CT molecular complexity index is 989. The molecule has 0 aromatic heterocycles. The fraction of sp³-hybridized carbons (Fsp3) is 0.167. The smallest absolute Gasteiger partial charge is 0.262 e. The summed E-state index contributed by atoms with van der Waals surface area (Å²) in [7, 11) is 0. The van der Waals surface area contributed by atoms with Crippen molar-refractivity contribution >= 4 is 17.5 Å². The molecular weight excluding hydrogens is 380 g/mol. The Hall–Kier alpha value is -3.80. The summed E-state index contributed by atoms with van der Waals surface area (Å²) >= 11 is 0. The number of carbonyl (C=O) groups is 2. The summed E-state index contributed by atoms with van der Waals surface area (Å²) in [6, 6.07) is 23.6. The van der Waals surface area contributed by atoms with Gasteiger partial charge in [0.15, 0.2) is 6.61 Å². The molecule has 0 aliphatic heterocycles. The van der Waals surface area contributed by atoms with Gasteiger partial charge in [0.2, 0.25) is 0 Å². The molecule has 3 aromatic carbocycles. The predicted molar refractivity (Wildman–Crippen MR) is 116 cm³/mol. The van der Waals surface area contributed by atoms with Gasteiger partial charge in [0.25, 0.3) is 11.8 Å². The van der Waals surface area contributed by atoms with Gasteiger partial charge < -0.3 is 20.1 Å². The van der Waals surface area contributed by atoms with E-state index in [9.17, 15) is 9.59 Å². The SMILES string of the molecule is CCOc1ccccc1NC(=O)COc1cccc(C(=O)NCc2ccccc2)c1. The molecule has 154 valence electrons. The number of hydrogen-bond donors (Lipinski definition) is 2. The minimum Gasteiger partial charge on any atom is -0.492 e. The molecule has 0 saturated carbocycles. The second-order valence-corrected chi connectivity index (χ2v) is 6.46. The monoisotopic (exact) mass is 404 g/mol. The van der Waals surface area contributed by atoms with E-state index in [-0.39, 0.29) is 18.4 Å². The first-order valence-corrected chi connectivity index (χ1v) is 9.72. The van der Waals surface area contributed by atoms with Crippen LogP contribution in [0.4, 0.5) is 5.69 Å². The van der Waals surface area contributed by atoms with E-state index in [1.165, 1.54) is 0 Å². The molecule has 30 heavy (non-hydrogen) atoms. The standard InChI is InChI=1S/C24H24N2O4/c1-2-29-22-14-7-6-13-21(22)26-23(27)17-30-20-12-8-11-19(15-20)24(28)25-16-18-9-4-3-5-10-18/h3-15H,2,16-17H2,1H3,(H,25,28)(H,26,27). The van der Waals surface area contributed by atoms with Crippen molar-refractivity contribution in [2.24, 2.45) is 0 Å². The first kappa shape index (κ1) is 20.9. The lowest BCUT2D eigenvalue weighted by atomic mass is 10.2. The van der Waals surface area contributed by atoms with Gasteiger partial charge in [-0.05, 0) is 42.8 Å². The number of carbonyl (C=O) groups excluding carboxylic acids is 2. The molecule has 2 N–H and O–H groups in total. The second-order valence-electron chi connectivity index (χ2n) is 6.46. The van der Waals surface area contributed by atoms with Gasteiger partial charge in [-0.15, -0.1) is 0 Å². The van der Waals surface area contributed by atoms with Crippen LogP contribution in [-0.2, 0) is 11.3 Å². The molecule has 3 aromatic rings. The van der Waals surface area contributed by atoms with Crippen molar-refractivity contribution in [1.82, 2.24) is 5.32 Å². The molecule has 6 nitrogen and oxygen atoms in total. The van der Waals surface area contributed by atoms with Crippen molar-refractivity contribution in [3.8, 4) is 11.5 Å². The summed E-state index contributed by atoms with van der Waals surface area (Å²) in [5.74, 6) is 0.515. The maximum Gasteiger partial charge on any atom is 0.262 e. The summed E-state index contributed by atoms with van der Waals surface area (Å²) < 4.78 is 11.1. The van der Waals surface area contributed by atoms with Crippen molar-refractivity contribution in [1.29, 1.82) is 0 Å². The molecule has 0 radical (unpaired) electrons. The average molecular weight is 404 g/mol. The van der Waals surface area contributed by atoms with Gasteiger partial charge in [-0.1, -0.05) is 48.5 Å². The van der Waals surface area contributed by atoms with Gasteiger partial charge in [-0.2, -0.15) is 0 Å². The molecular formula is C24H24N2O4. The Kier molecular flexibility index (Phi) is 7.44. The van der Waals surface area contributed by atoms with Gasteiger partial charge in [-0.3, -0.25) is 9.59 Å². The minimum atomic E-state index is -0.318. The average Bonchev–Trinajstić information content (AvgIpc) is 2.78. The Balaban J connectivity index is 1.53. The fourth-order valence-corrected chi connectivity index (χ4v) is 2.79. The van der Waals surface area contributed by atoms with E-state index in [0.717, 1.165) is 5.56 Å². The van der Waals surface area contributed by atoms with Crippen LogP contribution in [0, 0.1) is 0 Å². The molecule has 3 rings (SSSR count). The molecule has 6 heteroatoms. The highest BCUT2D eigenvalue weighted by atomic mass is 16.5. The molecule has 0 aliphatic carbocycles. The lowest BCUT2D eigenvalue weighted by Gasteiger charge is -2.12. The number of amides is 2. The van der Waals surface area contributed by atoms with Gasteiger partial charge in [0, 0.05) is 12.1 Å². The van der Waals surface area contributed by atoms with E-state index in [2.05, 4.69) is 10.6 Å². The van der Waals surface area contributed by atoms with Crippen molar-refractivity contribution in [2.75, 3.05) is 18.5 Å². The number of ether oxygens (including phenoxy) is 2. The van der Waals surface area contributed by atoms with E-state index in [1.807, 2.05) is 49.4 Å². The Morgan fingerprint density at radius 2 is 1.63 bits per heavy atom. The molecule has 0 unspecified atom stereocenters. The van der Waals surface area contributed by atoms with Crippen molar-refractivity contribution < 1.29 is 19.1 Å². The third-order valence-corrected chi connectivity index (χ3v) is 4.22. The topological polar surface area (TPSA) is 76.7 Å². The lowest BCUT2D eigenvalue weighted by Crippen LogP contribution is -2.23. The molecule has 0 spiro atoms. The molecule has 0 atom stereocenters. The molecule has 0 fully saturated rings. The zero-order valence-corrected chi connectivity index (χ0v) is 16.8. The predicted octanol–water partition coefficient (Wildman–Crippen LogP) is 4.03. The Morgan fingerprint density at radius 3 is 2.43 bits per heavy atom. The quantitative estimate of drug-likeness (QED) is 0.565. The van der Waals surface area contributed by atoms with Gasteiger partial charge >= 0.3 is 0 Å². The number of para-hydroxylation sites is 2. The van der Waals surface area contributed by atoms with Crippen molar-refractivity contribution in [2.45, 2.75) is 13.5 Å². The molecule has 0 bridgehead atoms. The van der Waals surface area contributed by atoms with Crippen LogP contribution >= 0.6 is 0 Å². The summed E-state index contributed by atoms with van der Waals surface area (Å²) in [4.78, 5) is 24.6. The number of nitrogens with one attached hydrogen (secondary N) is 2. The number of benzene rings is 3. The maximum atomic E-state index is 12.4. The zero-order chi connectivity index (χ0) is 21.2. The van der Waals surface area contributed by atoms with E-state index in [1.54, 1.807) is 36.4 Å². The fourth-order valence-electron chi connectivity index (χ4n) is 2.79. The maximum absolute atomic E-state index is 12.4. The van der Waals surface area contributed by atoms with Crippen LogP contribution < -0.4 is 20.1 Å². The lowest BCUT2D eigenvalue weighted by molar-refractivity contribution is -0.118. The third-order valence-electron chi connectivity index (χ3n) is 4.22. The zero-order valence-electron chi connectivity index (χ0n) is 16.8. The first-order valence-electron chi connectivity index (χ1n) is 9.72. The summed E-state index contributed by atoms with van der Waals surface area (Å²) in [5.41, 5.74) is 2.06. The Labute approximate surface area is 175 Å². The van der Waals surface area contributed by atoms with Crippen molar-refractivity contribution in [3.05, 3.63) is 90.0 Å². The van der Waals surface area contributed by atoms with Crippen molar-refractivity contribution in [3.63, 3.8) is 0 Å². The highest BCUT2D eigenvalue weighted by Crippen LogP contribution is 2.23. The molecule has 0 aliphatic rings. The highest BCUT2D eigenvalue weighted by molar-refractivity contribution is 5.95. The van der Waals surface area contributed by atoms with E-state index in [4.69, 9.17) is 9.47 Å². The molecule has 0 saturated heterocycles. The van der Waals surface area contributed by atoms with Crippen LogP contribution in [0.5, 0.6) is 11.5 Å². The highest BCUT2D eigenvalue weighted by Gasteiger charge is 2.10. The number of anilines is 1. The second kappa shape index (κ2) is 10.7. The van der Waals surface area contributed by atoms with Crippen LogP contribution in [0.25, 0.3) is 0 Å². The molecule has 2 amide bonds. The largest absolute Gasteiger partial charge is 0.492 e. The minimum absolute atomic E-state index is 0.185. The first-order chi connectivity index (χ1) is 14.7. The third kappa shape index (κ3) is 6.10. The summed E-state index contributed by atoms with van der Waals surface area (Å²) in [6.45, 7) is 2.63. The van der Waals surface area contributed by atoms with Gasteiger partial charge in [0.1, 0.15) is 11.5 Å². The number of hydrogen-bond acceptors (Lipinski definition) is 4. The molecule has 0 heterocycles. The van der Waals surface area contributed by atoms with Crippen LogP contribution in [0.1, 0.15) is 22.8 Å². The van der Waals surface area contributed by atoms with E-state index in [0.29, 0.717) is 35.9 Å². The van der Waals surface area contributed by atoms with Gasteiger partial charge in [0.05, 0.1) is 12.3 Å². The van der Waals surface area contributed by atoms with E-state index >= 15 is 0 Å². The van der Waals surface area contributed by atoms with Crippen LogP contribution in [0.3, 0.4) is 0 Å². The summed E-state index contributed by atoms with van der Waals surface area (Å²) in [6.07, 6.45) is 0. The number of rotatable bonds is 9. The summed E-state index contributed by atoms with van der Waals surface area (Å²) in [5, 5.41) is 5.64. The van der Waals surface area contributed by atoms with Crippen LogP contribution in [-0.4, -0.2) is 25.0 Å². The normalized spacial score (nSPS) is 10.2. The Morgan fingerprint density at radius 1 is 0.867 bits per heavy atom. The van der Waals surface area contributed by atoms with Crippen LogP contribution in [0.15, 0.2) is 78.9 Å².